The van der Waals surface area contributed by atoms with E-state index in [0.29, 0.717) is 0 Å². The molecule has 0 aliphatic carbocycles. The molecule has 1 amide bonds. The average molecular weight is 392 g/mol. The Bertz CT molecular complexity index is 1120. The summed E-state index contributed by atoms with van der Waals surface area (Å²) in [6, 6.07) is 8.15. The maximum absolute atomic E-state index is 12.4. The number of carbonyl (C=O) groups is 1. The fraction of sp³-hybridized carbons (Fsp3) is 0.211. The van der Waals surface area contributed by atoms with Gasteiger partial charge in [-0.3, -0.25) is 4.79 Å². The summed E-state index contributed by atoms with van der Waals surface area (Å²) in [5.74, 6) is -0.307. The molecule has 3 aromatic rings. The number of amides is 1. The van der Waals surface area contributed by atoms with Crippen molar-refractivity contribution in [2.45, 2.75) is 25.2 Å². The van der Waals surface area contributed by atoms with E-state index in [1.54, 1.807) is 6.26 Å². The highest BCUT2D eigenvalue weighted by atomic mass is 35.5. The minimum atomic E-state index is -3.39. The zero-order valence-corrected chi connectivity index (χ0v) is 16.2. The quantitative estimate of drug-likeness (QED) is 0.719. The summed E-state index contributed by atoms with van der Waals surface area (Å²) in [7, 11) is -3.39. The number of hydrogen-bond donors (Lipinski definition) is 1. The van der Waals surface area contributed by atoms with E-state index in [1.165, 1.54) is 18.2 Å². The molecular weight excluding hydrogens is 374 g/mol. The van der Waals surface area contributed by atoms with Gasteiger partial charge < -0.3 is 9.73 Å². The van der Waals surface area contributed by atoms with E-state index in [0.717, 1.165) is 33.9 Å². The van der Waals surface area contributed by atoms with Crippen molar-refractivity contribution in [2.24, 2.45) is 0 Å². The smallest absolute Gasteiger partial charge is 0.228 e. The Hall–Kier alpha value is -2.31. The predicted molar refractivity (Wildman–Crippen MR) is 103 cm³/mol. The van der Waals surface area contributed by atoms with Crippen LogP contribution < -0.4 is 5.32 Å². The molecule has 0 fully saturated rings. The molecule has 0 saturated carbocycles. The zero-order chi connectivity index (χ0) is 19.1. The third-order valence-electron chi connectivity index (χ3n) is 4.26. The number of hydrogen-bond acceptors (Lipinski definition) is 4. The lowest BCUT2D eigenvalue weighted by Crippen LogP contribution is -2.15. The van der Waals surface area contributed by atoms with Crippen molar-refractivity contribution in [3.05, 3.63) is 58.3 Å². The van der Waals surface area contributed by atoms with E-state index in [1.807, 2.05) is 26.0 Å². The fourth-order valence-electron chi connectivity index (χ4n) is 2.67. The van der Waals surface area contributed by atoms with Crippen LogP contribution in [0.2, 0.25) is 5.02 Å². The standard InChI is InChI=1S/C19H18ClNO4S/c1-11-6-15-13(10-25-18(15)7-12(11)2)8-19(22)21-17-9-14(26(3,23)24)4-5-16(17)20/h4-7,9-10H,8H2,1-3H3,(H,21,22). The van der Waals surface area contributed by atoms with Gasteiger partial charge in [0.1, 0.15) is 5.58 Å². The van der Waals surface area contributed by atoms with Crippen molar-refractivity contribution < 1.29 is 17.6 Å². The Morgan fingerprint density at radius 1 is 1.15 bits per heavy atom. The fourth-order valence-corrected chi connectivity index (χ4v) is 3.48. The largest absolute Gasteiger partial charge is 0.464 e. The SMILES string of the molecule is Cc1cc2occ(CC(=O)Nc3cc(S(C)(=O)=O)ccc3Cl)c2cc1C. The van der Waals surface area contributed by atoms with Crippen molar-refractivity contribution in [1.29, 1.82) is 0 Å². The molecule has 0 aliphatic heterocycles. The minimum absolute atomic E-state index is 0.0922. The number of anilines is 1. The Morgan fingerprint density at radius 3 is 2.54 bits per heavy atom. The summed E-state index contributed by atoms with van der Waals surface area (Å²) in [6.07, 6.45) is 2.76. The number of benzene rings is 2. The first-order chi connectivity index (χ1) is 12.1. The highest BCUT2D eigenvalue weighted by Gasteiger charge is 2.15. The molecule has 26 heavy (non-hydrogen) atoms. The predicted octanol–water partition coefficient (Wildman–Crippen LogP) is 4.29. The van der Waals surface area contributed by atoms with Crippen LogP contribution in [-0.2, 0) is 21.1 Å². The van der Waals surface area contributed by atoms with E-state index in [4.69, 9.17) is 16.0 Å². The van der Waals surface area contributed by atoms with E-state index in [-0.39, 0.29) is 27.9 Å². The molecule has 1 heterocycles. The van der Waals surface area contributed by atoms with Crippen LogP contribution in [0, 0.1) is 13.8 Å². The molecule has 5 nitrogen and oxygen atoms in total. The number of furan rings is 1. The molecule has 0 saturated heterocycles. The summed E-state index contributed by atoms with van der Waals surface area (Å²) in [6.45, 7) is 4.00. The van der Waals surface area contributed by atoms with Gasteiger partial charge in [0.05, 0.1) is 28.3 Å². The summed E-state index contributed by atoms with van der Waals surface area (Å²) >= 11 is 6.08. The lowest BCUT2D eigenvalue weighted by Gasteiger charge is -2.09. The summed E-state index contributed by atoms with van der Waals surface area (Å²) in [5, 5.41) is 3.84. The lowest BCUT2D eigenvalue weighted by atomic mass is 10.0. The molecule has 0 spiro atoms. The van der Waals surface area contributed by atoms with Crippen LogP contribution in [0.25, 0.3) is 11.0 Å². The van der Waals surface area contributed by atoms with Crippen LogP contribution in [0.1, 0.15) is 16.7 Å². The Kier molecular flexibility index (Phi) is 4.82. The first-order valence-electron chi connectivity index (χ1n) is 7.92. The number of halogens is 1. The Labute approximate surface area is 156 Å². The van der Waals surface area contributed by atoms with Gasteiger partial charge in [-0.25, -0.2) is 8.42 Å². The molecule has 3 rings (SSSR count). The van der Waals surface area contributed by atoms with Gasteiger partial charge in [-0.15, -0.1) is 0 Å². The van der Waals surface area contributed by atoms with Crippen molar-refractivity contribution in [3.63, 3.8) is 0 Å². The first-order valence-corrected chi connectivity index (χ1v) is 10.2. The number of carbonyl (C=O) groups excluding carboxylic acids is 1. The number of rotatable bonds is 4. The van der Waals surface area contributed by atoms with Crippen molar-refractivity contribution in [2.75, 3.05) is 11.6 Å². The summed E-state index contributed by atoms with van der Waals surface area (Å²) < 4.78 is 28.9. The molecule has 0 radical (unpaired) electrons. The number of sulfone groups is 1. The normalized spacial score (nSPS) is 11.7. The molecule has 0 bridgehead atoms. The Balaban J connectivity index is 1.85. The maximum Gasteiger partial charge on any atom is 0.228 e. The topological polar surface area (TPSA) is 76.4 Å². The van der Waals surface area contributed by atoms with Gasteiger partial charge in [0.2, 0.25) is 5.91 Å². The van der Waals surface area contributed by atoms with E-state index in [2.05, 4.69) is 5.32 Å². The highest BCUT2D eigenvalue weighted by Crippen LogP contribution is 2.27. The third-order valence-corrected chi connectivity index (χ3v) is 5.70. The zero-order valence-electron chi connectivity index (χ0n) is 14.6. The Morgan fingerprint density at radius 2 is 1.85 bits per heavy atom. The van der Waals surface area contributed by atoms with Gasteiger partial charge in [-0.05, 0) is 55.3 Å². The molecule has 0 aliphatic rings. The summed E-state index contributed by atoms with van der Waals surface area (Å²) in [4.78, 5) is 12.5. The molecule has 0 atom stereocenters. The van der Waals surface area contributed by atoms with E-state index in [9.17, 15) is 13.2 Å². The van der Waals surface area contributed by atoms with Crippen LogP contribution in [0.15, 0.2) is 45.9 Å². The van der Waals surface area contributed by atoms with Gasteiger partial charge in [-0.1, -0.05) is 11.6 Å². The van der Waals surface area contributed by atoms with E-state index < -0.39 is 9.84 Å². The molecule has 0 unspecified atom stereocenters. The number of fused-ring (bicyclic) bond motifs is 1. The van der Waals surface area contributed by atoms with Gasteiger partial charge in [0, 0.05) is 17.2 Å². The lowest BCUT2D eigenvalue weighted by molar-refractivity contribution is -0.115. The van der Waals surface area contributed by atoms with E-state index >= 15 is 0 Å². The second-order valence-electron chi connectivity index (χ2n) is 6.33. The van der Waals surface area contributed by atoms with Gasteiger partial charge in [0.15, 0.2) is 9.84 Å². The van der Waals surface area contributed by atoms with Gasteiger partial charge in [-0.2, -0.15) is 0 Å². The molecule has 1 aromatic heterocycles. The monoisotopic (exact) mass is 391 g/mol. The van der Waals surface area contributed by atoms with Gasteiger partial charge in [0.25, 0.3) is 0 Å². The highest BCUT2D eigenvalue weighted by molar-refractivity contribution is 7.90. The average Bonchev–Trinajstić information content (AvgIpc) is 2.91. The first kappa shape index (κ1) is 18.5. The molecule has 2 aromatic carbocycles. The van der Waals surface area contributed by atoms with Crippen LogP contribution in [-0.4, -0.2) is 20.6 Å². The van der Waals surface area contributed by atoms with Crippen LogP contribution in [0.4, 0.5) is 5.69 Å². The van der Waals surface area contributed by atoms with Gasteiger partial charge >= 0.3 is 0 Å². The molecular formula is C19H18ClNO4S. The van der Waals surface area contributed by atoms with Crippen LogP contribution >= 0.6 is 11.6 Å². The molecule has 1 N–H and O–H groups in total. The summed E-state index contributed by atoms with van der Waals surface area (Å²) in [5.41, 5.74) is 3.99. The third kappa shape index (κ3) is 3.76. The van der Waals surface area contributed by atoms with Crippen LogP contribution in [0.5, 0.6) is 0 Å². The minimum Gasteiger partial charge on any atom is -0.464 e. The van der Waals surface area contributed by atoms with Crippen LogP contribution in [0.3, 0.4) is 0 Å². The number of nitrogens with one attached hydrogen (secondary N) is 1. The van der Waals surface area contributed by atoms with Crippen molar-refractivity contribution in [1.82, 2.24) is 0 Å². The van der Waals surface area contributed by atoms with Crippen molar-refractivity contribution in [3.8, 4) is 0 Å². The molecule has 7 heteroatoms. The number of aryl methyl sites for hydroxylation is 2. The van der Waals surface area contributed by atoms with Crippen molar-refractivity contribution >= 4 is 44.0 Å². The maximum atomic E-state index is 12.4. The molecule has 136 valence electrons. The second kappa shape index (κ2) is 6.78. The second-order valence-corrected chi connectivity index (χ2v) is 8.76.